The highest BCUT2D eigenvalue weighted by Gasteiger charge is 2.04. The molecule has 2 aromatic rings. The molecule has 0 saturated heterocycles. The van der Waals surface area contributed by atoms with Crippen molar-refractivity contribution in [1.29, 1.82) is 0 Å². The van der Waals surface area contributed by atoms with Gasteiger partial charge in [-0.05, 0) is 56.2 Å². The van der Waals surface area contributed by atoms with Gasteiger partial charge in [-0.15, -0.1) is 0 Å². The van der Waals surface area contributed by atoms with Gasteiger partial charge in [-0.25, -0.2) is 4.68 Å². The molecule has 0 spiro atoms. The van der Waals surface area contributed by atoms with Crippen molar-refractivity contribution in [2.75, 3.05) is 0 Å². The van der Waals surface area contributed by atoms with Crippen molar-refractivity contribution in [3.63, 3.8) is 0 Å². The highest BCUT2D eigenvalue weighted by molar-refractivity contribution is 14.1. The number of benzene rings is 1. The highest BCUT2D eigenvalue weighted by atomic mass is 127. The molecule has 0 amide bonds. The van der Waals surface area contributed by atoms with Crippen LogP contribution >= 0.6 is 38.5 Å². The maximum atomic E-state index is 5.57. The summed E-state index contributed by atoms with van der Waals surface area (Å²) in [6.07, 6.45) is 3.80. The van der Waals surface area contributed by atoms with Crippen LogP contribution in [0.3, 0.4) is 0 Å². The Morgan fingerprint density at radius 2 is 2.27 bits per heavy atom. The van der Waals surface area contributed by atoms with Crippen molar-refractivity contribution in [3.05, 3.63) is 44.2 Å². The molecule has 0 fully saturated rings. The van der Waals surface area contributed by atoms with Gasteiger partial charge in [0.1, 0.15) is 0 Å². The summed E-state index contributed by atoms with van der Waals surface area (Å²) >= 11 is 5.75. The minimum Gasteiger partial charge on any atom is -0.326 e. The zero-order valence-electron chi connectivity index (χ0n) is 7.82. The molecule has 3 nitrogen and oxygen atoms in total. The van der Waals surface area contributed by atoms with E-state index in [4.69, 9.17) is 5.73 Å². The van der Waals surface area contributed by atoms with E-state index in [0.717, 1.165) is 19.3 Å². The summed E-state index contributed by atoms with van der Waals surface area (Å²) in [6.45, 7) is 0.551. The van der Waals surface area contributed by atoms with Crippen LogP contribution in [0.15, 0.2) is 35.1 Å². The van der Waals surface area contributed by atoms with Crippen LogP contribution in [-0.2, 0) is 6.54 Å². The van der Waals surface area contributed by atoms with Crippen LogP contribution in [0.1, 0.15) is 5.56 Å². The van der Waals surface area contributed by atoms with E-state index in [1.807, 2.05) is 35.3 Å². The average molecular weight is 378 g/mol. The molecule has 0 aliphatic rings. The van der Waals surface area contributed by atoms with Gasteiger partial charge < -0.3 is 5.73 Å². The third-order valence-corrected chi connectivity index (χ3v) is 3.24. The van der Waals surface area contributed by atoms with Crippen LogP contribution in [0.25, 0.3) is 5.69 Å². The molecule has 0 aliphatic heterocycles. The molecule has 1 aromatic heterocycles. The molecule has 0 unspecified atom stereocenters. The molecular weight excluding hydrogens is 369 g/mol. The van der Waals surface area contributed by atoms with Gasteiger partial charge in [0.15, 0.2) is 0 Å². The Balaban J connectivity index is 2.45. The van der Waals surface area contributed by atoms with Crippen LogP contribution in [0.4, 0.5) is 0 Å². The Kier molecular flexibility index (Phi) is 3.42. The normalized spacial score (nSPS) is 10.6. The lowest BCUT2D eigenvalue weighted by molar-refractivity contribution is 0.874. The Morgan fingerprint density at radius 3 is 2.80 bits per heavy atom. The Morgan fingerprint density at radius 1 is 1.47 bits per heavy atom. The standard InChI is InChI=1S/C10H9BrIN3/c11-9-3-7(4-13)1-2-10(9)15-6-8(12)5-14-15/h1-3,5-6H,4,13H2. The van der Waals surface area contributed by atoms with Gasteiger partial charge in [-0.2, -0.15) is 5.10 Å². The van der Waals surface area contributed by atoms with E-state index in [1.54, 1.807) is 0 Å². The van der Waals surface area contributed by atoms with E-state index in [2.05, 4.69) is 43.6 Å². The second-order valence-corrected chi connectivity index (χ2v) is 5.19. The zero-order chi connectivity index (χ0) is 10.8. The highest BCUT2D eigenvalue weighted by Crippen LogP contribution is 2.22. The first-order chi connectivity index (χ1) is 7.20. The van der Waals surface area contributed by atoms with Crippen molar-refractivity contribution in [2.24, 2.45) is 5.73 Å². The smallest absolute Gasteiger partial charge is 0.0788 e. The van der Waals surface area contributed by atoms with Crippen molar-refractivity contribution >= 4 is 38.5 Å². The Labute approximate surface area is 110 Å². The third-order valence-electron chi connectivity index (χ3n) is 2.05. The number of halogens is 2. The molecule has 5 heteroatoms. The monoisotopic (exact) mass is 377 g/mol. The number of nitrogens with two attached hydrogens (primary N) is 1. The number of aromatic nitrogens is 2. The van der Waals surface area contributed by atoms with Gasteiger partial charge in [0.2, 0.25) is 0 Å². The molecule has 0 atom stereocenters. The number of nitrogens with zero attached hydrogens (tertiary/aromatic N) is 2. The van der Waals surface area contributed by atoms with Crippen molar-refractivity contribution < 1.29 is 0 Å². The van der Waals surface area contributed by atoms with E-state index < -0.39 is 0 Å². The van der Waals surface area contributed by atoms with Crippen LogP contribution in [0.5, 0.6) is 0 Å². The summed E-state index contributed by atoms with van der Waals surface area (Å²) in [5.74, 6) is 0. The summed E-state index contributed by atoms with van der Waals surface area (Å²) in [7, 11) is 0. The Hall–Kier alpha value is -0.400. The van der Waals surface area contributed by atoms with Crippen molar-refractivity contribution in [1.82, 2.24) is 9.78 Å². The summed E-state index contributed by atoms with van der Waals surface area (Å²) in [6, 6.07) is 6.04. The lowest BCUT2D eigenvalue weighted by atomic mass is 10.2. The SMILES string of the molecule is NCc1ccc(-n2cc(I)cn2)c(Br)c1. The molecule has 78 valence electrons. The molecule has 1 heterocycles. The molecule has 2 rings (SSSR count). The van der Waals surface area contributed by atoms with E-state index >= 15 is 0 Å². The van der Waals surface area contributed by atoms with Gasteiger partial charge >= 0.3 is 0 Å². The van der Waals surface area contributed by atoms with Crippen molar-refractivity contribution in [3.8, 4) is 5.69 Å². The third kappa shape index (κ3) is 2.40. The van der Waals surface area contributed by atoms with Crippen LogP contribution in [0, 0.1) is 3.57 Å². The number of rotatable bonds is 2. The van der Waals surface area contributed by atoms with Gasteiger partial charge in [-0.3, -0.25) is 0 Å². The minimum atomic E-state index is 0.551. The first-order valence-electron chi connectivity index (χ1n) is 4.40. The first-order valence-corrected chi connectivity index (χ1v) is 6.27. The molecule has 0 radical (unpaired) electrons. The summed E-state index contributed by atoms with van der Waals surface area (Å²) in [4.78, 5) is 0. The molecule has 2 N–H and O–H groups in total. The van der Waals surface area contributed by atoms with Gasteiger partial charge in [0.25, 0.3) is 0 Å². The van der Waals surface area contributed by atoms with Crippen LogP contribution in [0.2, 0.25) is 0 Å². The molecule has 15 heavy (non-hydrogen) atoms. The average Bonchev–Trinajstić information content (AvgIpc) is 2.64. The first kappa shape index (κ1) is 11.1. The fourth-order valence-electron chi connectivity index (χ4n) is 1.30. The van der Waals surface area contributed by atoms with Crippen LogP contribution < -0.4 is 5.73 Å². The van der Waals surface area contributed by atoms with Gasteiger partial charge in [0.05, 0.1) is 15.5 Å². The zero-order valence-corrected chi connectivity index (χ0v) is 11.6. The maximum Gasteiger partial charge on any atom is 0.0788 e. The lowest BCUT2D eigenvalue weighted by Crippen LogP contribution is -1.99. The Bertz CT molecular complexity index is 481. The van der Waals surface area contributed by atoms with Gasteiger partial charge in [-0.1, -0.05) is 6.07 Å². The molecule has 1 aromatic carbocycles. The van der Waals surface area contributed by atoms with E-state index in [-0.39, 0.29) is 0 Å². The lowest BCUT2D eigenvalue weighted by Gasteiger charge is -2.05. The summed E-state index contributed by atoms with van der Waals surface area (Å²) < 4.78 is 3.96. The van der Waals surface area contributed by atoms with Gasteiger partial charge in [0, 0.05) is 17.2 Å². The predicted octanol–water partition coefficient (Wildman–Crippen LogP) is 2.70. The summed E-state index contributed by atoms with van der Waals surface area (Å²) in [5.41, 5.74) is 7.69. The van der Waals surface area contributed by atoms with E-state index in [1.165, 1.54) is 0 Å². The topological polar surface area (TPSA) is 43.8 Å². The molecular formula is C10H9BrIN3. The van der Waals surface area contributed by atoms with Crippen LogP contribution in [-0.4, -0.2) is 9.78 Å². The fraction of sp³-hybridized carbons (Fsp3) is 0.100. The minimum absolute atomic E-state index is 0.551. The van der Waals surface area contributed by atoms with E-state index in [0.29, 0.717) is 6.54 Å². The van der Waals surface area contributed by atoms with Crippen molar-refractivity contribution in [2.45, 2.75) is 6.54 Å². The fourth-order valence-corrected chi connectivity index (χ4v) is 2.29. The largest absolute Gasteiger partial charge is 0.326 e. The molecule has 0 aliphatic carbocycles. The second kappa shape index (κ2) is 4.63. The predicted molar refractivity (Wildman–Crippen MR) is 71.9 cm³/mol. The maximum absolute atomic E-state index is 5.57. The quantitative estimate of drug-likeness (QED) is 0.818. The summed E-state index contributed by atoms with van der Waals surface area (Å²) in [5, 5.41) is 4.25. The second-order valence-electron chi connectivity index (χ2n) is 3.09. The van der Waals surface area contributed by atoms with E-state index in [9.17, 15) is 0 Å². The molecule has 0 saturated carbocycles. The number of hydrogen-bond donors (Lipinski definition) is 1. The molecule has 0 bridgehead atoms. The number of hydrogen-bond acceptors (Lipinski definition) is 2.